The highest BCUT2D eigenvalue weighted by atomic mass is 16.1. The summed E-state index contributed by atoms with van der Waals surface area (Å²) in [5.74, 6) is 3.13. The van der Waals surface area contributed by atoms with Crippen LogP contribution in [0.1, 0.15) is 44.9 Å². The average Bonchev–Trinajstić information content (AvgIpc) is 2.95. The van der Waals surface area contributed by atoms with Crippen LogP contribution in [-0.2, 0) is 4.79 Å². The maximum Gasteiger partial charge on any atom is 0.150 e. The molecule has 0 aromatic rings. The van der Waals surface area contributed by atoms with E-state index >= 15 is 0 Å². The Balaban J connectivity index is 1.54. The predicted molar refractivity (Wildman–Crippen MR) is 59.6 cm³/mol. The number of fused-ring (bicyclic) bond motifs is 2. The van der Waals surface area contributed by atoms with E-state index in [-0.39, 0.29) is 6.04 Å². The number of hydrogen-bond acceptors (Lipinski definition) is 2. The minimum atomic E-state index is 0.212. The van der Waals surface area contributed by atoms with Crippen molar-refractivity contribution in [1.29, 1.82) is 0 Å². The van der Waals surface area contributed by atoms with Gasteiger partial charge in [0.25, 0.3) is 0 Å². The number of carbonyl (C=O) groups is 1. The molecule has 4 atom stereocenters. The first-order valence-corrected chi connectivity index (χ1v) is 6.59. The Hall–Kier alpha value is -0.370. The molecule has 2 nitrogen and oxygen atoms in total. The molecule has 4 unspecified atom stereocenters. The summed E-state index contributed by atoms with van der Waals surface area (Å²) in [6.07, 6.45) is 8.77. The van der Waals surface area contributed by atoms with Gasteiger partial charge in [-0.15, -0.1) is 0 Å². The molecule has 0 aromatic carbocycles. The number of nitrogens with one attached hydrogen (secondary N) is 1. The van der Waals surface area contributed by atoms with E-state index < -0.39 is 0 Å². The molecule has 2 heteroatoms. The minimum Gasteiger partial charge on any atom is -0.307 e. The topological polar surface area (TPSA) is 29.1 Å². The fourth-order valence-electron chi connectivity index (χ4n) is 3.99. The molecule has 84 valence electrons. The lowest BCUT2D eigenvalue weighted by atomic mass is 9.84. The molecular weight excluding hydrogens is 186 g/mol. The molecule has 15 heavy (non-hydrogen) atoms. The highest BCUT2D eigenvalue weighted by Crippen LogP contribution is 2.49. The van der Waals surface area contributed by atoms with Gasteiger partial charge in [-0.05, 0) is 56.4 Å². The molecular formula is C13H21NO. The number of hydrogen-bond donors (Lipinski definition) is 1. The van der Waals surface area contributed by atoms with Crippen molar-refractivity contribution in [3.63, 3.8) is 0 Å². The fourth-order valence-corrected chi connectivity index (χ4v) is 3.99. The van der Waals surface area contributed by atoms with Gasteiger partial charge in [-0.2, -0.15) is 0 Å². The molecule has 0 amide bonds. The normalized spacial score (nSPS) is 43.7. The first kappa shape index (κ1) is 9.83. The zero-order valence-electron chi connectivity index (χ0n) is 9.37. The minimum absolute atomic E-state index is 0.212. The van der Waals surface area contributed by atoms with Crippen LogP contribution in [0.4, 0.5) is 0 Å². The molecule has 0 radical (unpaired) electrons. The van der Waals surface area contributed by atoms with Crippen molar-refractivity contribution in [2.24, 2.45) is 17.8 Å². The van der Waals surface area contributed by atoms with Crippen molar-refractivity contribution in [3.8, 4) is 0 Å². The molecule has 1 saturated heterocycles. The number of carbonyl (C=O) groups excluding carboxylic acids is 1. The first-order chi connectivity index (χ1) is 7.33. The van der Waals surface area contributed by atoms with Crippen molar-refractivity contribution in [1.82, 2.24) is 5.32 Å². The Kier molecular flexibility index (Phi) is 2.55. The predicted octanol–water partition coefficient (Wildman–Crippen LogP) is 2.13. The van der Waals surface area contributed by atoms with Crippen LogP contribution in [0.3, 0.4) is 0 Å². The van der Waals surface area contributed by atoms with E-state index in [4.69, 9.17) is 0 Å². The molecule has 3 aliphatic rings. The molecule has 0 spiro atoms. The van der Waals surface area contributed by atoms with Gasteiger partial charge in [0, 0.05) is 6.42 Å². The lowest BCUT2D eigenvalue weighted by molar-refractivity contribution is -0.122. The third kappa shape index (κ3) is 1.84. The summed E-state index contributed by atoms with van der Waals surface area (Å²) < 4.78 is 0. The van der Waals surface area contributed by atoms with E-state index in [1.165, 1.54) is 32.1 Å². The van der Waals surface area contributed by atoms with E-state index in [9.17, 15) is 4.79 Å². The Bertz CT molecular complexity index is 257. The van der Waals surface area contributed by atoms with Gasteiger partial charge in [-0.1, -0.05) is 6.42 Å². The molecule has 0 aromatic heterocycles. The fraction of sp³-hybridized carbons (Fsp3) is 0.923. The summed E-state index contributed by atoms with van der Waals surface area (Å²) >= 11 is 0. The summed E-state index contributed by atoms with van der Waals surface area (Å²) in [4.78, 5) is 12.0. The van der Waals surface area contributed by atoms with E-state index in [1.807, 2.05) is 0 Å². The van der Waals surface area contributed by atoms with Crippen LogP contribution in [0.25, 0.3) is 0 Å². The van der Waals surface area contributed by atoms with Gasteiger partial charge in [0.15, 0.2) is 0 Å². The Morgan fingerprint density at radius 3 is 2.73 bits per heavy atom. The summed E-state index contributed by atoms with van der Waals surface area (Å²) in [6, 6.07) is 0.212. The number of rotatable bonds is 3. The zero-order valence-corrected chi connectivity index (χ0v) is 9.37. The summed E-state index contributed by atoms with van der Waals surface area (Å²) in [5.41, 5.74) is 0. The van der Waals surface area contributed by atoms with Gasteiger partial charge in [0.2, 0.25) is 0 Å². The van der Waals surface area contributed by atoms with E-state index in [2.05, 4.69) is 5.32 Å². The molecule has 3 fully saturated rings. The standard InChI is InChI=1S/C13H21NO/c15-13(12-2-1-5-14-12)8-11-7-9-3-4-10(11)6-9/h9-12,14H,1-8H2. The Labute approximate surface area is 91.8 Å². The highest BCUT2D eigenvalue weighted by molar-refractivity contribution is 5.84. The van der Waals surface area contributed by atoms with Crippen LogP contribution >= 0.6 is 0 Å². The molecule has 1 N–H and O–H groups in total. The first-order valence-electron chi connectivity index (χ1n) is 6.59. The molecule has 1 aliphatic heterocycles. The molecule has 3 rings (SSSR count). The quantitative estimate of drug-likeness (QED) is 0.768. The summed E-state index contributed by atoms with van der Waals surface area (Å²) in [6.45, 7) is 1.05. The second-order valence-electron chi connectivity index (χ2n) is 5.75. The monoisotopic (exact) mass is 207 g/mol. The Morgan fingerprint density at radius 1 is 1.20 bits per heavy atom. The molecule has 1 heterocycles. The maximum absolute atomic E-state index is 12.0. The van der Waals surface area contributed by atoms with Gasteiger partial charge >= 0.3 is 0 Å². The van der Waals surface area contributed by atoms with Gasteiger partial charge < -0.3 is 5.32 Å². The molecule has 2 saturated carbocycles. The maximum atomic E-state index is 12.0. The second-order valence-corrected chi connectivity index (χ2v) is 5.75. The Morgan fingerprint density at radius 2 is 2.13 bits per heavy atom. The van der Waals surface area contributed by atoms with Crippen LogP contribution in [0.15, 0.2) is 0 Å². The van der Waals surface area contributed by atoms with Gasteiger partial charge in [-0.3, -0.25) is 4.79 Å². The molecule has 2 bridgehead atoms. The SMILES string of the molecule is O=C(CC1CC2CCC1C2)C1CCCN1. The summed E-state index contributed by atoms with van der Waals surface area (Å²) in [7, 11) is 0. The van der Waals surface area contributed by atoms with E-state index in [0.717, 1.165) is 37.1 Å². The van der Waals surface area contributed by atoms with Gasteiger partial charge in [-0.25, -0.2) is 0 Å². The van der Waals surface area contributed by atoms with Gasteiger partial charge in [0.05, 0.1) is 6.04 Å². The largest absolute Gasteiger partial charge is 0.307 e. The highest BCUT2D eigenvalue weighted by Gasteiger charge is 2.40. The number of Topliss-reactive ketones (excluding diaryl/α,β-unsaturated/α-hetero) is 1. The third-order valence-electron chi connectivity index (χ3n) is 4.80. The van der Waals surface area contributed by atoms with Crippen LogP contribution < -0.4 is 5.32 Å². The van der Waals surface area contributed by atoms with Crippen molar-refractivity contribution in [3.05, 3.63) is 0 Å². The second kappa shape index (κ2) is 3.89. The van der Waals surface area contributed by atoms with Crippen molar-refractivity contribution >= 4 is 5.78 Å². The van der Waals surface area contributed by atoms with Crippen molar-refractivity contribution in [2.45, 2.75) is 51.0 Å². The van der Waals surface area contributed by atoms with Crippen LogP contribution in [-0.4, -0.2) is 18.4 Å². The average molecular weight is 207 g/mol. The number of ketones is 1. The van der Waals surface area contributed by atoms with E-state index in [0.29, 0.717) is 5.78 Å². The molecule has 2 aliphatic carbocycles. The third-order valence-corrected chi connectivity index (χ3v) is 4.80. The zero-order chi connectivity index (χ0) is 10.3. The van der Waals surface area contributed by atoms with Gasteiger partial charge in [0.1, 0.15) is 5.78 Å². The lowest BCUT2D eigenvalue weighted by Gasteiger charge is -2.22. The summed E-state index contributed by atoms with van der Waals surface area (Å²) in [5, 5.41) is 3.32. The lowest BCUT2D eigenvalue weighted by Crippen LogP contribution is -2.32. The van der Waals surface area contributed by atoms with Crippen LogP contribution in [0.5, 0.6) is 0 Å². The van der Waals surface area contributed by atoms with Crippen LogP contribution in [0.2, 0.25) is 0 Å². The van der Waals surface area contributed by atoms with Crippen LogP contribution in [0, 0.1) is 17.8 Å². The smallest absolute Gasteiger partial charge is 0.150 e. The van der Waals surface area contributed by atoms with Crippen molar-refractivity contribution < 1.29 is 4.79 Å². The van der Waals surface area contributed by atoms with E-state index in [1.54, 1.807) is 0 Å². The van der Waals surface area contributed by atoms with Crippen molar-refractivity contribution in [2.75, 3.05) is 6.54 Å².